The monoisotopic (exact) mass is 361 g/mol. The molecule has 2 nitrogen and oxygen atoms in total. The van der Waals surface area contributed by atoms with Crippen molar-refractivity contribution in [3.63, 3.8) is 0 Å². The summed E-state index contributed by atoms with van der Waals surface area (Å²) in [6.45, 7) is 0.889. The first-order valence-corrected chi connectivity index (χ1v) is 8.22. The molecular weight excluding hydrogens is 345 g/mol. The lowest BCUT2D eigenvalue weighted by Crippen LogP contribution is -2.30. The summed E-state index contributed by atoms with van der Waals surface area (Å²) in [7, 11) is 0. The van der Waals surface area contributed by atoms with Crippen LogP contribution in [0.25, 0.3) is 0 Å². The average Bonchev–Trinajstić information content (AvgIpc) is 3.20. The Morgan fingerprint density at radius 3 is 2.53 bits per heavy atom. The molecule has 0 spiro atoms. The Kier molecular flexibility index (Phi) is 3.43. The molecule has 0 radical (unpaired) electrons. The number of halogens is 1. The van der Waals surface area contributed by atoms with Gasteiger partial charge in [0.25, 0.3) is 5.91 Å². The summed E-state index contributed by atoms with van der Waals surface area (Å²) in [5.74, 6) is 2.68. The van der Waals surface area contributed by atoms with Crippen molar-refractivity contribution in [2.24, 2.45) is 17.8 Å². The van der Waals surface area contributed by atoms with E-state index >= 15 is 0 Å². The van der Waals surface area contributed by atoms with Crippen molar-refractivity contribution in [1.29, 1.82) is 0 Å². The minimum absolute atomic E-state index is 0.107. The van der Waals surface area contributed by atoms with Crippen LogP contribution in [0.4, 0.5) is 0 Å². The van der Waals surface area contributed by atoms with Crippen LogP contribution in [-0.2, 0) is 0 Å². The van der Waals surface area contributed by atoms with Gasteiger partial charge in [-0.25, -0.2) is 0 Å². The molecule has 0 saturated heterocycles. The molecule has 2 aliphatic carbocycles. The summed E-state index contributed by atoms with van der Waals surface area (Å²) in [5.41, 5.74) is 0.824. The Morgan fingerprint density at radius 1 is 1.41 bits per heavy atom. The molecule has 2 fully saturated rings. The summed E-state index contributed by atoms with van der Waals surface area (Å²) in [6.07, 6.45) is 5.53. The molecule has 3 rings (SSSR count). The highest BCUT2D eigenvalue weighted by Crippen LogP contribution is 2.48. The summed E-state index contributed by atoms with van der Waals surface area (Å²) in [6, 6.07) is 1.96. The van der Waals surface area contributed by atoms with Gasteiger partial charge in [0, 0.05) is 11.9 Å². The molecular formula is C13H16INOS. The van der Waals surface area contributed by atoms with Crippen molar-refractivity contribution in [3.05, 3.63) is 19.9 Å². The van der Waals surface area contributed by atoms with E-state index in [4.69, 9.17) is 0 Å². The Bertz CT molecular complexity index is 411. The maximum Gasteiger partial charge on any atom is 0.252 e. The van der Waals surface area contributed by atoms with E-state index in [1.54, 1.807) is 11.3 Å². The first-order valence-electron chi connectivity index (χ1n) is 6.26. The van der Waals surface area contributed by atoms with Crippen LogP contribution < -0.4 is 5.32 Å². The fourth-order valence-corrected chi connectivity index (χ4v) is 3.84. The van der Waals surface area contributed by atoms with Gasteiger partial charge in [-0.3, -0.25) is 4.79 Å². The van der Waals surface area contributed by atoms with Crippen molar-refractivity contribution in [3.8, 4) is 0 Å². The topological polar surface area (TPSA) is 29.1 Å². The van der Waals surface area contributed by atoms with Gasteiger partial charge < -0.3 is 5.32 Å². The zero-order chi connectivity index (χ0) is 11.8. The molecule has 1 N–H and O–H groups in total. The maximum absolute atomic E-state index is 11.9. The molecule has 0 aromatic carbocycles. The molecule has 92 valence electrons. The van der Waals surface area contributed by atoms with E-state index in [1.165, 1.54) is 28.6 Å². The summed E-state index contributed by atoms with van der Waals surface area (Å²) >= 11 is 3.89. The predicted octanol–water partition coefficient (Wildman–Crippen LogP) is 3.52. The molecule has 0 bridgehead atoms. The first kappa shape index (κ1) is 12.0. The SMILES string of the molecule is O=C(NCC(C1CC1)C1CC1)c1csc(I)c1. The lowest BCUT2D eigenvalue weighted by atomic mass is 9.98. The molecule has 0 unspecified atom stereocenters. The third-order valence-electron chi connectivity index (χ3n) is 3.78. The smallest absolute Gasteiger partial charge is 0.252 e. The van der Waals surface area contributed by atoms with Crippen molar-refractivity contribution >= 4 is 39.8 Å². The van der Waals surface area contributed by atoms with Crippen LogP contribution >= 0.6 is 33.9 Å². The molecule has 4 heteroatoms. The number of thiophene rings is 1. The number of nitrogens with one attached hydrogen (secondary N) is 1. The van der Waals surface area contributed by atoms with Crippen molar-refractivity contribution < 1.29 is 4.79 Å². The highest BCUT2D eigenvalue weighted by molar-refractivity contribution is 14.1. The van der Waals surface area contributed by atoms with Crippen LogP contribution in [-0.4, -0.2) is 12.5 Å². The van der Waals surface area contributed by atoms with Crippen molar-refractivity contribution in [2.45, 2.75) is 25.7 Å². The largest absolute Gasteiger partial charge is 0.352 e. The Morgan fingerprint density at radius 2 is 2.06 bits per heavy atom. The van der Waals surface area contributed by atoms with Crippen LogP contribution in [0.3, 0.4) is 0 Å². The zero-order valence-corrected chi connectivity index (χ0v) is 12.6. The van der Waals surface area contributed by atoms with Crippen LogP contribution in [0.1, 0.15) is 36.0 Å². The molecule has 1 amide bonds. The van der Waals surface area contributed by atoms with E-state index in [9.17, 15) is 4.79 Å². The van der Waals surface area contributed by atoms with Crippen LogP contribution in [0.15, 0.2) is 11.4 Å². The van der Waals surface area contributed by atoms with Crippen LogP contribution in [0.5, 0.6) is 0 Å². The Labute approximate surface area is 119 Å². The minimum Gasteiger partial charge on any atom is -0.352 e. The summed E-state index contributed by atoms with van der Waals surface area (Å²) in [5, 5.41) is 5.06. The van der Waals surface area contributed by atoms with E-state index in [0.29, 0.717) is 0 Å². The van der Waals surface area contributed by atoms with Gasteiger partial charge in [0.1, 0.15) is 0 Å². The molecule has 1 aromatic rings. The molecule has 2 saturated carbocycles. The predicted molar refractivity (Wildman–Crippen MR) is 78.3 cm³/mol. The molecule has 2 aliphatic rings. The van der Waals surface area contributed by atoms with E-state index < -0.39 is 0 Å². The van der Waals surface area contributed by atoms with E-state index in [0.717, 1.165) is 29.9 Å². The molecule has 0 atom stereocenters. The van der Waals surface area contributed by atoms with Gasteiger partial charge in [-0.1, -0.05) is 0 Å². The molecule has 1 heterocycles. The fourth-order valence-electron chi connectivity index (χ4n) is 2.51. The number of carbonyl (C=O) groups is 1. The van der Waals surface area contributed by atoms with Gasteiger partial charge in [0.15, 0.2) is 0 Å². The number of hydrogen-bond donors (Lipinski definition) is 1. The zero-order valence-electron chi connectivity index (χ0n) is 9.62. The quantitative estimate of drug-likeness (QED) is 0.799. The number of carbonyl (C=O) groups excluding carboxylic acids is 1. The number of amides is 1. The number of hydrogen-bond acceptors (Lipinski definition) is 2. The van der Waals surface area contributed by atoms with Gasteiger partial charge >= 0.3 is 0 Å². The Hall–Kier alpha value is -0.100. The average molecular weight is 361 g/mol. The highest BCUT2D eigenvalue weighted by atomic mass is 127. The van der Waals surface area contributed by atoms with Crippen molar-refractivity contribution in [1.82, 2.24) is 5.32 Å². The van der Waals surface area contributed by atoms with Crippen LogP contribution in [0.2, 0.25) is 0 Å². The third kappa shape index (κ3) is 3.02. The van der Waals surface area contributed by atoms with Crippen LogP contribution in [0, 0.1) is 20.6 Å². The minimum atomic E-state index is 0.107. The fraction of sp³-hybridized carbons (Fsp3) is 0.615. The summed E-state index contributed by atoms with van der Waals surface area (Å²) in [4.78, 5) is 11.9. The third-order valence-corrected chi connectivity index (χ3v) is 5.57. The lowest BCUT2D eigenvalue weighted by Gasteiger charge is -2.15. The molecule has 0 aliphatic heterocycles. The van der Waals surface area contributed by atoms with Gasteiger partial charge in [-0.15, -0.1) is 11.3 Å². The van der Waals surface area contributed by atoms with E-state index in [1.807, 2.05) is 11.4 Å². The second kappa shape index (κ2) is 4.88. The maximum atomic E-state index is 11.9. The second-order valence-electron chi connectivity index (χ2n) is 5.19. The second-order valence-corrected chi connectivity index (χ2v) is 7.99. The summed E-state index contributed by atoms with van der Waals surface area (Å²) < 4.78 is 1.17. The molecule has 17 heavy (non-hydrogen) atoms. The first-order chi connectivity index (χ1) is 8.24. The normalized spacial score (nSPS) is 19.6. The highest BCUT2D eigenvalue weighted by Gasteiger charge is 2.41. The van der Waals surface area contributed by atoms with Gasteiger partial charge in [0.2, 0.25) is 0 Å². The lowest BCUT2D eigenvalue weighted by molar-refractivity contribution is 0.0944. The standard InChI is InChI=1S/C13H16INOS/c14-12-5-10(7-17-12)13(16)15-6-11(8-1-2-8)9-3-4-9/h5,7-9,11H,1-4,6H2,(H,15,16). The van der Waals surface area contributed by atoms with E-state index in [-0.39, 0.29) is 5.91 Å². The number of rotatable bonds is 5. The van der Waals surface area contributed by atoms with Gasteiger partial charge in [0.05, 0.1) is 8.45 Å². The molecule has 1 aromatic heterocycles. The van der Waals surface area contributed by atoms with Gasteiger partial charge in [-0.05, 0) is 72.1 Å². The van der Waals surface area contributed by atoms with E-state index in [2.05, 4.69) is 27.9 Å². The van der Waals surface area contributed by atoms with Gasteiger partial charge in [-0.2, -0.15) is 0 Å². The Balaban J connectivity index is 1.54. The van der Waals surface area contributed by atoms with Crippen molar-refractivity contribution in [2.75, 3.05) is 6.54 Å².